The lowest BCUT2D eigenvalue weighted by Gasteiger charge is -2.61. The summed E-state index contributed by atoms with van der Waals surface area (Å²) in [5.74, 6) is 3.47. The zero-order valence-electron chi connectivity index (χ0n) is 17.9. The van der Waals surface area contributed by atoms with Gasteiger partial charge in [0.25, 0.3) is 0 Å². The predicted octanol–water partition coefficient (Wildman–Crippen LogP) is 5.55. The number of hydrogen-bond donors (Lipinski definition) is 2. The molecule has 0 aromatic heterocycles. The third kappa shape index (κ3) is 2.98. The van der Waals surface area contributed by atoms with Crippen LogP contribution in [0.15, 0.2) is 30.3 Å². The Bertz CT molecular complexity index is 689. The van der Waals surface area contributed by atoms with Gasteiger partial charge in [-0.15, -0.1) is 0 Å². The van der Waals surface area contributed by atoms with Gasteiger partial charge in [0.15, 0.2) is 0 Å². The van der Waals surface area contributed by atoms with E-state index in [4.69, 9.17) is 0 Å². The third-order valence-corrected chi connectivity index (χ3v) is 10.1. The van der Waals surface area contributed by atoms with E-state index < -0.39 is 0 Å². The van der Waals surface area contributed by atoms with Gasteiger partial charge in [-0.25, -0.2) is 0 Å². The zero-order valence-corrected chi connectivity index (χ0v) is 17.9. The summed E-state index contributed by atoms with van der Waals surface area (Å²) in [7, 11) is 0. The summed E-state index contributed by atoms with van der Waals surface area (Å²) in [4.78, 5) is 0. The Balaban J connectivity index is 1.26. The van der Waals surface area contributed by atoms with E-state index in [1.165, 1.54) is 56.9 Å². The number of aliphatic hydroxyl groups is 1. The first kappa shape index (κ1) is 19.1. The summed E-state index contributed by atoms with van der Waals surface area (Å²) >= 11 is 0. The lowest BCUT2D eigenvalue weighted by Crippen LogP contribution is -2.55. The molecule has 154 valence electrons. The first-order valence-corrected chi connectivity index (χ1v) is 12.0. The smallest absolute Gasteiger partial charge is 0.0596 e. The van der Waals surface area contributed by atoms with Crippen LogP contribution in [-0.4, -0.2) is 17.3 Å². The quantitative estimate of drug-likeness (QED) is 0.719. The van der Waals surface area contributed by atoms with Crippen LogP contribution in [0.25, 0.3) is 0 Å². The number of rotatable bonds is 3. The summed E-state index contributed by atoms with van der Waals surface area (Å²) in [6, 6.07) is 11.6. The Morgan fingerprint density at radius 2 is 1.64 bits per heavy atom. The molecule has 5 rings (SSSR count). The number of benzene rings is 1. The first-order chi connectivity index (χ1) is 13.5. The molecule has 8 unspecified atom stereocenters. The Morgan fingerprint density at radius 1 is 0.893 bits per heavy atom. The Morgan fingerprint density at radius 3 is 2.46 bits per heavy atom. The van der Waals surface area contributed by atoms with E-state index in [9.17, 15) is 5.11 Å². The molecule has 0 aliphatic heterocycles. The van der Waals surface area contributed by atoms with Crippen molar-refractivity contribution in [2.45, 2.75) is 90.3 Å². The molecule has 4 aliphatic rings. The maximum atomic E-state index is 10.7. The van der Waals surface area contributed by atoms with E-state index in [1.807, 2.05) is 0 Å². The lowest BCUT2D eigenvalue weighted by molar-refractivity contribution is -0.123. The van der Waals surface area contributed by atoms with Crippen LogP contribution in [0.3, 0.4) is 0 Å². The number of fused-ring (bicyclic) bond motifs is 5. The van der Waals surface area contributed by atoms with Crippen LogP contribution in [-0.2, 0) is 6.54 Å². The molecule has 4 fully saturated rings. The molecular formula is C26H39NO. The van der Waals surface area contributed by atoms with Crippen molar-refractivity contribution in [2.24, 2.45) is 34.5 Å². The molecule has 0 heterocycles. The second-order valence-corrected chi connectivity index (χ2v) is 11.1. The molecule has 0 spiro atoms. The summed E-state index contributed by atoms with van der Waals surface area (Å²) < 4.78 is 0. The van der Waals surface area contributed by atoms with Gasteiger partial charge in [-0.1, -0.05) is 44.2 Å². The van der Waals surface area contributed by atoms with Gasteiger partial charge >= 0.3 is 0 Å². The molecule has 0 saturated heterocycles. The molecule has 28 heavy (non-hydrogen) atoms. The highest BCUT2D eigenvalue weighted by Crippen LogP contribution is 2.66. The Labute approximate surface area is 171 Å². The van der Waals surface area contributed by atoms with Crippen molar-refractivity contribution in [1.29, 1.82) is 0 Å². The minimum Gasteiger partial charge on any atom is -0.393 e. The monoisotopic (exact) mass is 381 g/mol. The van der Waals surface area contributed by atoms with Gasteiger partial charge in [0, 0.05) is 12.6 Å². The summed E-state index contributed by atoms with van der Waals surface area (Å²) in [5.41, 5.74) is 2.17. The van der Waals surface area contributed by atoms with Crippen molar-refractivity contribution in [3.8, 4) is 0 Å². The van der Waals surface area contributed by atoms with Crippen molar-refractivity contribution in [1.82, 2.24) is 5.32 Å². The van der Waals surface area contributed by atoms with Crippen molar-refractivity contribution in [3.05, 3.63) is 35.9 Å². The van der Waals surface area contributed by atoms with Gasteiger partial charge in [0.2, 0.25) is 0 Å². The Hall–Kier alpha value is -0.860. The molecule has 4 saturated carbocycles. The van der Waals surface area contributed by atoms with Gasteiger partial charge in [-0.2, -0.15) is 0 Å². The summed E-state index contributed by atoms with van der Waals surface area (Å²) in [5, 5.41) is 14.5. The minimum absolute atomic E-state index is 0.0399. The molecule has 1 aromatic carbocycles. The maximum absolute atomic E-state index is 10.7. The number of nitrogens with one attached hydrogen (secondary N) is 1. The first-order valence-electron chi connectivity index (χ1n) is 12.0. The fraction of sp³-hybridized carbons (Fsp3) is 0.769. The predicted molar refractivity (Wildman–Crippen MR) is 115 cm³/mol. The van der Waals surface area contributed by atoms with Gasteiger partial charge in [0.05, 0.1) is 6.10 Å². The molecular weight excluding hydrogens is 342 g/mol. The normalized spacial score (nSPS) is 47.8. The number of aliphatic hydroxyl groups excluding tert-OH is 1. The zero-order chi connectivity index (χ0) is 19.4. The van der Waals surface area contributed by atoms with E-state index in [1.54, 1.807) is 0 Å². The highest BCUT2D eigenvalue weighted by Gasteiger charge is 2.59. The van der Waals surface area contributed by atoms with Crippen LogP contribution in [0.1, 0.15) is 77.2 Å². The van der Waals surface area contributed by atoms with Gasteiger partial charge < -0.3 is 10.4 Å². The van der Waals surface area contributed by atoms with Crippen molar-refractivity contribution in [3.63, 3.8) is 0 Å². The Kier molecular flexibility index (Phi) is 4.87. The molecule has 8 atom stereocenters. The standard InChI is InChI=1S/C26H39NO/c1-25-14-12-20(27-17-18-6-4-3-5-7-18)16-19(25)8-9-21-22-10-11-24(28)26(22,2)15-13-23(21)25/h3-7,19-24,27-28H,8-17H2,1-2H3. The molecule has 2 heteroatoms. The number of hydrogen-bond acceptors (Lipinski definition) is 2. The summed E-state index contributed by atoms with van der Waals surface area (Å²) in [6.07, 6.45) is 11.9. The highest BCUT2D eigenvalue weighted by atomic mass is 16.3. The van der Waals surface area contributed by atoms with Crippen LogP contribution in [0.2, 0.25) is 0 Å². The van der Waals surface area contributed by atoms with Gasteiger partial charge in [0.1, 0.15) is 0 Å². The van der Waals surface area contributed by atoms with Gasteiger partial charge in [-0.05, 0) is 97.9 Å². The van der Waals surface area contributed by atoms with Crippen molar-refractivity contribution in [2.75, 3.05) is 0 Å². The third-order valence-electron chi connectivity index (χ3n) is 10.1. The SMILES string of the molecule is CC12CCC3C(CCC4CC(NCc5ccccc5)CCC43C)C1CCC2O. The van der Waals surface area contributed by atoms with E-state index >= 15 is 0 Å². The average molecular weight is 382 g/mol. The molecule has 0 bridgehead atoms. The van der Waals surface area contributed by atoms with E-state index in [-0.39, 0.29) is 11.5 Å². The van der Waals surface area contributed by atoms with Crippen molar-refractivity contribution < 1.29 is 5.11 Å². The highest BCUT2D eigenvalue weighted by molar-refractivity contribution is 5.15. The minimum atomic E-state index is -0.0399. The van der Waals surface area contributed by atoms with Crippen LogP contribution < -0.4 is 5.32 Å². The fourth-order valence-corrected chi connectivity index (χ4v) is 8.27. The average Bonchev–Trinajstić information content (AvgIpc) is 3.02. The summed E-state index contributed by atoms with van der Waals surface area (Å²) in [6.45, 7) is 6.07. The van der Waals surface area contributed by atoms with Crippen LogP contribution in [0.5, 0.6) is 0 Å². The molecule has 1 aromatic rings. The largest absolute Gasteiger partial charge is 0.393 e. The molecule has 4 aliphatic carbocycles. The molecule has 0 radical (unpaired) electrons. The van der Waals surface area contributed by atoms with Crippen LogP contribution >= 0.6 is 0 Å². The fourth-order valence-electron chi connectivity index (χ4n) is 8.27. The second kappa shape index (κ2) is 7.13. The van der Waals surface area contributed by atoms with Crippen LogP contribution in [0, 0.1) is 34.5 Å². The van der Waals surface area contributed by atoms with Crippen LogP contribution in [0.4, 0.5) is 0 Å². The van der Waals surface area contributed by atoms with E-state index in [0.29, 0.717) is 11.5 Å². The maximum Gasteiger partial charge on any atom is 0.0596 e. The second-order valence-electron chi connectivity index (χ2n) is 11.1. The van der Waals surface area contributed by atoms with Gasteiger partial charge in [-0.3, -0.25) is 0 Å². The molecule has 2 nitrogen and oxygen atoms in total. The topological polar surface area (TPSA) is 32.3 Å². The molecule has 2 N–H and O–H groups in total. The van der Waals surface area contributed by atoms with E-state index in [2.05, 4.69) is 49.5 Å². The van der Waals surface area contributed by atoms with E-state index in [0.717, 1.165) is 36.6 Å². The van der Waals surface area contributed by atoms with Crippen molar-refractivity contribution >= 4 is 0 Å². The molecule has 0 amide bonds. The lowest BCUT2D eigenvalue weighted by atomic mass is 9.45.